The van der Waals surface area contributed by atoms with Crippen molar-refractivity contribution in [2.45, 2.75) is 82.1 Å². The maximum absolute atomic E-state index is 13.8. The smallest absolute Gasteiger partial charge is 0.226 e. The average Bonchev–Trinajstić information content (AvgIpc) is 3.75. The summed E-state index contributed by atoms with van der Waals surface area (Å²) in [5.74, 6) is 0.134. The van der Waals surface area contributed by atoms with Crippen LogP contribution in [-0.4, -0.2) is 93.3 Å². The van der Waals surface area contributed by atoms with Gasteiger partial charge in [-0.2, -0.15) is 0 Å². The van der Waals surface area contributed by atoms with Gasteiger partial charge in [-0.3, -0.25) is 19.4 Å². The summed E-state index contributed by atoms with van der Waals surface area (Å²) in [6.07, 6.45) is 6.43. The first-order valence-electron chi connectivity index (χ1n) is 20.5. The molecule has 6 N–H and O–H groups in total. The predicted octanol–water partition coefficient (Wildman–Crippen LogP) is 4.58. The number of hydrogen-bond donors (Lipinski definition) is 6. The Kier molecular flexibility index (Phi) is 8.65. The van der Waals surface area contributed by atoms with Crippen LogP contribution in [-0.2, 0) is 22.4 Å². The van der Waals surface area contributed by atoms with E-state index >= 15 is 0 Å². The quantitative estimate of drug-likeness (QED) is 0.162. The minimum Gasteiger partial charge on any atom is -0.392 e. The van der Waals surface area contributed by atoms with Crippen LogP contribution in [0.3, 0.4) is 0 Å². The number of para-hydroxylation sites is 2. The number of piperidine rings is 2. The highest BCUT2D eigenvalue weighted by Gasteiger charge is 2.50. The Hall–Kier alpha value is -3.70. The van der Waals surface area contributed by atoms with Crippen LogP contribution in [0.5, 0.6) is 0 Å². The maximum atomic E-state index is 13.8. The number of aromatic amines is 2. The second kappa shape index (κ2) is 13.6. The van der Waals surface area contributed by atoms with Gasteiger partial charge in [0.15, 0.2) is 0 Å². The summed E-state index contributed by atoms with van der Waals surface area (Å²) in [7, 11) is 0. The lowest BCUT2D eigenvalue weighted by molar-refractivity contribution is -0.139. The van der Waals surface area contributed by atoms with Crippen molar-refractivity contribution in [2.75, 3.05) is 39.3 Å². The average molecular weight is 719 g/mol. The van der Waals surface area contributed by atoms with E-state index in [0.717, 1.165) is 64.7 Å². The first-order valence-corrected chi connectivity index (χ1v) is 20.5. The zero-order valence-corrected chi connectivity index (χ0v) is 30.6. The molecule has 2 saturated heterocycles. The number of fused-ring (bicyclic) bond motifs is 12. The topological polar surface area (TPSA) is 137 Å². The largest absolute Gasteiger partial charge is 0.392 e. The molecule has 10 atom stereocenters. The fourth-order valence-electron chi connectivity index (χ4n) is 12.2. The van der Waals surface area contributed by atoms with Crippen LogP contribution in [0.25, 0.3) is 21.8 Å². The first kappa shape index (κ1) is 33.8. The number of hydrogen-bond acceptors (Lipinski definition) is 6. The number of aromatic nitrogens is 2. The molecule has 2 amide bonds. The van der Waals surface area contributed by atoms with Crippen molar-refractivity contribution in [3.8, 4) is 0 Å². The van der Waals surface area contributed by atoms with Crippen molar-refractivity contribution >= 4 is 33.6 Å². The fraction of sp³-hybridized carbons (Fsp3) is 0.581. The minimum absolute atomic E-state index is 0.0548. The van der Waals surface area contributed by atoms with Crippen LogP contribution in [0, 0.1) is 35.5 Å². The molecule has 0 radical (unpaired) electrons. The number of H-pyrrole nitrogens is 2. The summed E-state index contributed by atoms with van der Waals surface area (Å²) >= 11 is 0. The van der Waals surface area contributed by atoms with Crippen LogP contribution in [0.1, 0.15) is 79.5 Å². The van der Waals surface area contributed by atoms with E-state index in [1.807, 2.05) is 0 Å². The van der Waals surface area contributed by atoms with Gasteiger partial charge in [0.25, 0.3) is 0 Å². The third-order valence-electron chi connectivity index (χ3n) is 14.7. The maximum Gasteiger partial charge on any atom is 0.226 e. The number of nitrogens with one attached hydrogen (secondary N) is 4. The highest BCUT2D eigenvalue weighted by Crippen LogP contribution is 2.51. The van der Waals surface area contributed by atoms with Gasteiger partial charge >= 0.3 is 0 Å². The van der Waals surface area contributed by atoms with Gasteiger partial charge in [0.1, 0.15) is 0 Å². The van der Waals surface area contributed by atoms with Gasteiger partial charge in [0.05, 0.1) is 36.1 Å². The van der Waals surface area contributed by atoms with Crippen LogP contribution >= 0.6 is 0 Å². The van der Waals surface area contributed by atoms with Gasteiger partial charge in [0.2, 0.25) is 11.8 Å². The van der Waals surface area contributed by atoms with Crippen molar-refractivity contribution in [3.05, 3.63) is 71.0 Å². The molecule has 2 aromatic heterocycles. The molecular formula is C43H54N6O4. The van der Waals surface area contributed by atoms with Crippen molar-refractivity contribution in [1.82, 2.24) is 30.4 Å². The van der Waals surface area contributed by atoms with Gasteiger partial charge in [-0.25, -0.2) is 0 Å². The molecule has 53 heavy (non-hydrogen) atoms. The number of nitrogens with zero attached hydrogens (tertiary/aromatic N) is 2. The zero-order valence-electron chi connectivity index (χ0n) is 30.6. The predicted molar refractivity (Wildman–Crippen MR) is 204 cm³/mol. The normalized spacial score (nSPS) is 33.9. The van der Waals surface area contributed by atoms with Gasteiger partial charge in [-0.15, -0.1) is 0 Å². The molecule has 4 aliphatic heterocycles. The van der Waals surface area contributed by atoms with Crippen LogP contribution in [0.15, 0.2) is 48.5 Å². The molecule has 10 rings (SSSR count). The standard InChI is InChI=1S/C43H54N6O4/c50-36-12-10-24-22-48-18-14-28-26-6-1-3-8-32(26)46-40(28)34(48)20-30(24)38(36)42(52)44-16-5-17-45-43(53)39-31-21-35-41-29(27-7-2-4-9-33(27)47-41)15-19-49(35)23-25(31)11-13-37(39)51/h1-4,6-9,24-25,30-31,34-39,46-47,50-51H,5,10-23H2,(H,44,52)(H,45,53)/t24-,25-,30-,31-,34-,35-,36-,37-,38+,39+/m0/s1. The molecule has 0 spiro atoms. The van der Waals surface area contributed by atoms with E-state index in [-0.39, 0.29) is 35.7 Å². The monoisotopic (exact) mass is 718 g/mol. The Balaban J connectivity index is 0.762. The van der Waals surface area contributed by atoms with Crippen molar-refractivity contribution < 1.29 is 19.8 Å². The summed E-state index contributed by atoms with van der Waals surface area (Å²) < 4.78 is 0. The Morgan fingerprint density at radius 2 is 1.11 bits per heavy atom. The highest BCUT2D eigenvalue weighted by molar-refractivity contribution is 5.86. The molecule has 4 fully saturated rings. The molecule has 2 aliphatic carbocycles. The summed E-state index contributed by atoms with van der Waals surface area (Å²) in [5.41, 5.74) is 7.79. The van der Waals surface area contributed by atoms with E-state index < -0.39 is 24.0 Å². The molecule has 0 bridgehead atoms. The lowest BCUT2D eigenvalue weighted by atomic mass is 9.64. The molecule has 10 nitrogen and oxygen atoms in total. The number of aliphatic hydroxyl groups excluding tert-OH is 2. The van der Waals surface area contributed by atoms with Crippen LogP contribution in [0.2, 0.25) is 0 Å². The van der Waals surface area contributed by atoms with E-state index in [1.165, 1.54) is 44.3 Å². The van der Waals surface area contributed by atoms with Gasteiger partial charge in [-0.1, -0.05) is 36.4 Å². The fourth-order valence-corrected chi connectivity index (χ4v) is 12.2. The Morgan fingerprint density at radius 3 is 1.58 bits per heavy atom. The summed E-state index contributed by atoms with van der Waals surface area (Å²) in [4.78, 5) is 40.3. The van der Waals surface area contributed by atoms with E-state index in [9.17, 15) is 19.8 Å². The van der Waals surface area contributed by atoms with E-state index in [2.05, 4.69) is 78.9 Å². The molecule has 280 valence electrons. The minimum atomic E-state index is -0.634. The van der Waals surface area contributed by atoms with E-state index in [1.54, 1.807) is 0 Å². The molecule has 0 unspecified atom stereocenters. The molecule has 6 aliphatic rings. The van der Waals surface area contributed by atoms with Gasteiger partial charge < -0.3 is 30.8 Å². The lowest BCUT2D eigenvalue weighted by Gasteiger charge is -2.51. The molecule has 2 saturated carbocycles. The molecule has 6 heterocycles. The second-order valence-electron chi connectivity index (χ2n) is 17.2. The van der Waals surface area contributed by atoms with E-state index in [4.69, 9.17) is 0 Å². The molecule has 2 aromatic carbocycles. The second-order valence-corrected chi connectivity index (χ2v) is 17.2. The van der Waals surface area contributed by atoms with Crippen LogP contribution < -0.4 is 10.6 Å². The number of benzene rings is 2. The third-order valence-corrected chi connectivity index (χ3v) is 14.7. The number of rotatable bonds is 6. The van der Waals surface area contributed by atoms with Crippen molar-refractivity contribution in [1.29, 1.82) is 0 Å². The number of carbonyl (C=O) groups is 2. The SMILES string of the molecule is O=C(NCCCNC(=O)[C@@H]1[C@H]2C[C@H]3c4[nH]c5ccccc5c4CCN3C[C@@H]2CC[C@@H]1O)[C@@H]1[C@H]2C[C@H]3c4[nH]c5ccccc5c4CCN3C[C@@H]2CC[C@@H]1O. The lowest BCUT2D eigenvalue weighted by Crippen LogP contribution is -2.55. The summed E-state index contributed by atoms with van der Waals surface area (Å²) in [5, 5.41) is 31.4. The number of aliphatic hydroxyl groups is 2. The van der Waals surface area contributed by atoms with Gasteiger partial charge in [0, 0.05) is 72.5 Å². The molecule has 10 heteroatoms. The zero-order chi connectivity index (χ0) is 35.8. The van der Waals surface area contributed by atoms with Gasteiger partial charge in [-0.05, 0) is 105 Å². The van der Waals surface area contributed by atoms with Crippen molar-refractivity contribution in [2.24, 2.45) is 35.5 Å². The number of carbonyl (C=O) groups excluding carboxylic acids is 2. The van der Waals surface area contributed by atoms with Crippen molar-refractivity contribution in [3.63, 3.8) is 0 Å². The van der Waals surface area contributed by atoms with Crippen LogP contribution in [0.4, 0.5) is 0 Å². The molecule has 4 aromatic rings. The Bertz CT molecular complexity index is 1880. The first-order chi connectivity index (χ1) is 25.9. The Labute approximate surface area is 311 Å². The molecular weight excluding hydrogens is 665 g/mol. The summed E-state index contributed by atoms with van der Waals surface area (Å²) in [6, 6.07) is 17.6. The Morgan fingerprint density at radius 1 is 0.660 bits per heavy atom. The third kappa shape index (κ3) is 5.74. The highest BCUT2D eigenvalue weighted by atomic mass is 16.3. The van der Waals surface area contributed by atoms with E-state index in [0.29, 0.717) is 44.2 Å². The number of amides is 2. The summed E-state index contributed by atoms with van der Waals surface area (Å²) in [6.45, 7) is 4.92.